The maximum atomic E-state index is 12.2. The van der Waals surface area contributed by atoms with Gasteiger partial charge in [0.25, 0.3) is 5.91 Å². The van der Waals surface area contributed by atoms with E-state index in [1.807, 2.05) is 27.7 Å². The molecule has 1 aliphatic rings. The van der Waals surface area contributed by atoms with E-state index < -0.39 is 5.60 Å². The summed E-state index contributed by atoms with van der Waals surface area (Å²) in [5.74, 6) is -0.148. The van der Waals surface area contributed by atoms with Crippen LogP contribution < -0.4 is 5.32 Å². The zero-order valence-electron chi connectivity index (χ0n) is 14.8. The van der Waals surface area contributed by atoms with Crippen LogP contribution in [0.25, 0.3) is 0 Å². The first kappa shape index (κ1) is 18.3. The normalized spacial score (nSPS) is 18.8. The van der Waals surface area contributed by atoms with Crippen LogP contribution in [0.4, 0.5) is 4.79 Å². The van der Waals surface area contributed by atoms with Crippen molar-refractivity contribution in [1.29, 1.82) is 0 Å². The van der Waals surface area contributed by atoms with Crippen LogP contribution in [0.1, 0.15) is 43.1 Å². The van der Waals surface area contributed by atoms with Gasteiger partial charge in [-0.1, -0.05) is 0 Å². The van der Waals surface area contributed by atoms with Crippen molar-refractivity contribution in [3.05, 3.63) is 23.5 Å². The second-order valence-corrected chi connectivity index (χ2v) is 7.03. The lowest BCUT2D eigenvalue weighted by molar-refractivity contribution is 0.0147. The molecule has 2 rings (SSSR count). The number of aryl methyl sites for hydroxylation is 1. The third-order valence-electron chi connectivity index (χ3n) is 3.69. The number of rotatable bonds is 3. The predicted octanol–water partition coefficient (Wildman–Crippen LogP) is 2.08. The molecule has 7 nitrogen and oxygen atoms in total. The average Bonchev–Trinajstić information content (AvgIpc) is 2.77. The van der Waals surface area contributed by atoms with E-state index in [0.717, 1.165) is 12.0 Å². The maximum Gasteiger partial charge on any atom is 0.410 e. The van der Waals surface area contributed by atoms with E-state index in [0.29, 0.717) is 31.8 Å². The van der Waals surface area contributed by atoms with Crippen LogP contribution in [0.15, 0.2) is 12.4 Å². The van der Waals surface area contributed by atoms with Gasteiger partial charge in [0, 0.05) is 32.1 Å². The maximum absolute atomic E-state index is 12.2. The molecule has 0 saturated carbocycles. The molecule has 1 aliphatic heterocycles. The second kappa shape index (κ2) is 7.70. The minimum Gasteiger partial charge on any atom is -0.444 e. The summed E-state index contributed by atoms with van der Waals surface area (Å²) in [7, 11) is 0. The Bertz CT molecular complexity index is 577. The van der Waals surface area contributed by atoms with Crippen molar-refractivity contribution in [1.82, 2.24) is 15.2 Å². The smallest absolute Gasteiger partial charge is 0.410 e. The van der Waals surface area contributed by atoms with Gasteiger partial charge in [0.15, 0.2) is 0 Å². The largest absolute Gasteiger partial charge is 0.444 e. The number of hydrogen-bond donors (Lipinski definition) is 2. The summed E-state index contributed by atoms with van der Waals surface area (Å²) < 4.78 is 11.2. The molecule has 7 heteroatoms. The first-order valence-electron chi connectivity index (χ1n) is 8.27. The summed E-state index contributed by atoms with van der Waals surface area (Å²) >= 11 is 0. The zero-order chi connectivity index (χ0) is 17.7. The third kappa shape index (κ3) is 5.26. The Kier molecular flexibility index (Phi) is 5.88. The molecule has 0 aliphatic carbocycles. The quantitative estimate of drug-likeness (QED) is 0.884. The van der Waals surface area contributed by atoms with Gasteiger partial charge in [-0.3, -0.25) is 4.79 Å². The van der Waals surface area contributed by atoms with E-state index in [4.69, 9.17) is 9.47 Å². The molecule has 0 spiro atoms. The summed E-state index contributed by atoms with van der Waals surface area (Å²) in [6, 6.07) is 0. The van der Waals surface area contributed by atoms with Gasteiger partial charge in [-0.2, -0.15) is 0 Å². The van der Waals surface area contributed by atoms with E-state index in [1.54, 1.807) is 17.3 Å². The molecule has 1 fully saturated rings. The van der Waals surface area contributed by atoms with Crippen molar-refractivity contribution in [2.75, 3.05) is 26.2 Å². The molecule has 1 saturated heterocycles. The molecule has 1 unspecified atom stereocenters. The van der Waals surface area contributed by atoms with Gasteiger partial charge >= 0.3 is 6.09 Å². The molecule has 0 radical (unpaired) electrons. The average molecular weight is 337 g/mol. The predicted molar refractivity (Wildman–Crippen MR) is 90.0 cm³/mol. The van der Waals surface area contributed by atoms with Crippen LogP contribution in [-0.2, 0) is 9.47 Å². The number of aromatic nitrogens is 1. The van der Waals surface area contributed by atoms with Crippen LogP contribution in [0, 0.1) is 6.92 Å². The van der Waals surface area contributed by atoms with E-state index in [9.17, 15) is 9.59 Å². The molecule has 1 aromatic heterocycles. The van der Waals surface area contributed by atoms with Crippen molar-refractivity contribution in [2.45, 2.75) is 45.8 Å². The monoisotopic (exact) mass is 337 g/mol. The molecular formula is C17H27N3O4. The van der Waals surface area contributed by atoms with Crippen molar-refractivity contribution in [3.63, 3.8) is 0 Å². The molecule has 134 valence electrons. The van der Waals surface area contributed by atoms with Gasteiger partial charge in [0.2, 0.25) is 0 Å². The fourth-order valence-electron chi connectivity index (χ4n) is 2.50. The number of H-pyrrole nitrogens is 1. The van der Waals surface area contributed by atoms with Crippen molar-refractivity contribution in [2.24, 2.45) is 0 Å². The van der Waals surface area contributed by atoms with Gasteiger partial charge in [-0.25, -0.2) is 4.79 Å². The fourth-order valence-corrected chi connectivity index (χ4v) is 2.50. The Morgan fingerprint density at radius 1 is 1.42 bits per heavy atom. The fraction of sp³-hybridized carbons (Fsp3) is 0.647. The lowest BCUT2D eigenvalue weighted by Gasteiger charge is -2.28. The lowest BCUT2D eigenvalue weighted by Crippen LogP contribution is -2.44. The Morgan fingerprint density at radius 3 is 2.79 bits per heavy atom. The highest BCUT2D eigenvalue weighted by Crippen LogP contribution is 2.13. The van der Waals surface area contributed by atoms with Gasteiger partial charge in [-0.05, 0) is 39.7 Å². The molecule has 24 heavy (non-hydrogen) atoms. The van der Waals surface area contributed by atoms with Gasteiger partial charge in [0.05, 0.1) is 18.2 Å². The summed E-state index contributed by atoms with van der Waals surface area (Å²) in [5.41, 5.74) is 0.983. The second-order valence-electron chi connectivity index (χ2n) is 7.03. The highest BCUT2D eigenvalue weighted by Gasteiger charge is 2.27. The SMILES string of the molecule is Cc1c[nH]cc1C(=O)NCC1CN(C(=O)OC(C)(C)C)CCCO1. The third-order valence-corrected chi connectivity index (χ3v) is 3.69. The number of amides is 2. The van der Waals surface area contributed by atoms with Crippen LogP contribution in [0.2, 0.25) is 0 Å². The number of hydrogen-bond acceptors (Lipinski definition) is 4. The Hall–Kier alpha value is -2.02. The van der Waals surface area contributed by atoms with Crippen molar-refractivity contribution in [3.8, 4) is 0 Å². The van der Waals surface area contributed by atoms with Crippen molar-refractivity contribution < 1.29 is 19.1 Å². The highest BCUT2D eigenvalue weighted by molar-refractivity contribution is 5.95. The molecule has 1 atom stereocenters. The Balaban J connectivity index is 1.89. The van der Waals surface area contributed by atoms with Crippen LogP contribution in [-0.4, -0.2) is 59.8 Å². The minimum atomic E-state index is -0.528. The summed E-state index contributed by atoms with van der Waals surface area (Å²) in [6.45, 7) is 9.31. The number of aromatic amines is 1. The van der Waals surface area contributed by atoms with E-state index >= 15 is 0 Å². The summed E-state index contributed by atoms with van der Waals surface area (Å²) in [6.07, 6.45) is 3.61. The van der Waals surface area contributed by atoms with Gasteiger partial charge < -0.3 is 24.7 Å². The molecule has 0 aromatic carbocycles. The zero-order valence-corrected chi connectivity index (χ0v) is 14.8. The molecule has 2 heterocycles. The van der Waals surface area contributed by atoms with Crippen LogP contribution in [0.3, 0.4) is 0 Å². The lowest BCUT2D eigenvalue weighted by atomic mass is 10.2. The number of carbonyl (C=O) groups is 2. The Labute approximate surface area is 142 Å². The standard InChI is InChI=1S/C17H27N3O4/c1-12-8-18-10-14(12)15(21)19-9-13-11-20(6-5-7-23-13)16(22)24-17(2,3)4/h8,10,13,18H,5-7,9,11H2,1-4H3,(H,19,21). The van der Waals surface area contributed by atoms with E-state index in [1.165, 1.54) is 0 Å². The number of carbonyl (C=O) groups excluding carboxylic acids is 2. The highest BCUT2D eigenvalue weighted by atomic mass is 16.6. The molecule has 2 N–H and O–H groups in total. The van der Waals surface area contributed by atoms with Crippen molar-refractivity contribution >= 4 is 12.0 Å². The van der Waals surface area contributed by atoms with Crippen LogP contribution >= 0.6 is 0 Å². The first-order valence-corrected chi connectivity index (χ1v) is 8.27. The van der Waals surface area contributed by atoms with E-state index in [2.05, 4.69) is 10.3 Å². The van der Waals surface area contributed by atoms with Crippen LogP contribution in [0.5, 0.6) is 0 Å². The molecule has 1 aromatic rings. The summed E-state index contributed by atoms with van der Waals surface area (Å²) in [4.78, 5) is 29.0. The minimum absolute atomic E-state index is 0.148. The number of nitrogens with zero attached hydrogens (tertiary/aromatic N) is 1. The molecular weight excluding hydrogens is 310 g/mol. The van der Waals surface area contributed by atoms with Gasteiger partial charge in [-0.15, -0.1) is 0 Å². The number of ether oxygens (including phenoxy) is 2. The van der Waals surface area contributed by atoms with E-state index in [-0.39, 0.29) is 18.1 Å². The Morgan fingerprint density at radius 2 is 2.17 bits per heavy atom. The van der Waals surface area contributed by atoms with Gasteiger partial charge in [0.1, 0.15) is 5.60 Å². The summed E-state index contributed by atoms with van der Waals surface area (Å²) in [5, 5.41) is 2.87. The number of nitrogens with one attached hydrogen (secondary N) is 2. The topological polar surface area (TPSA) is 83.7 Å². The molecule has 2 amide bonds. The molecule has 0 bridgehead atoms. The first-order chi connectivity index (χ1) is 11.3.